The van der Waals surface area contributed by atoms with E-state index >= 15 is 0 Å². The van der Waals surface area contributed by atoms with Crippen LogP contribution in [-0.4, -0.2) is 33.1 Å². The fourth-order valence-electron chi connectivity index (χ4n) is 3.31. The Hall–Kier alpha value is -3.22. The number of aliphatic hydroxyl groups excluding tert-OH is 1. The summed E-state index contributed by atoms with van der Waals surface area (Å²) in [4.78, 5) is 4.56. The van der Waals surface area contributed by atoms with Crippen LogP contribution in [0, 0.1) is 0 Å². The maximum Gasteiger partial charge on any atom is 0.119 e. The summed E-state index contributed by atoms with van der Waals surface area (Å²) in [6.45, 7) is 0.255. The maximum atomic E-state index is 8.93. The second-order valence-corrected chi connectivity index (χ2v) is 6.55. The standard InChI is InChI=1S/C22H22N4O2/c23-19(14-16-5-3-7-18(13-16)28-12-11-27)22-21(9-4-10-24-22)26-20-8-2-1-6-17(20)15-25-26/h1-10,13,15,19,27H,11-12,14,23H2/t19-/m0/s1. The summed E-state index contributed by atoms with van der Waals surface area (Å²) in [5.41, 5.74) is 10.3. The molecule has 2 aromatic carbocycles. The molecule has 2 aromatic heterocycles. The van der Waals surface area contributed by atoms with Crippen LogP contribution < -0.4 is 10.5 Å². The molecule has 4 aromatic rings. The van der Waals surface area contributed by atoms with Crippen molar-refractivity contribution in [2.45, 2.75) is 12.5 Å². The zero-order valence-corrected chi connectivity index (χ0v) is 15.4. The van der Waals surface area contributed by atoms with Crippen molar-refractivity contribution in [2.75, 3.05) is 13.2 Å². The molecule has 3 N–H and O–H groups in total. The topological polar surface area (TPSA) is 86.2 Å². The predicted molar refractivity (Wildman–Crippen MR) is 109 cm³/mol. The van der Waals surface area contributed by atoms with Gasteiger partial charge in [0.2, 0.25) is 0 Å². The highest BCUT2D eigenvalue weighted by Gasteiger charge is 2.17. The van der Waals surface area contributed by atoms with Gasteiger partial charge in [-0.25, -0.2) is 4.68 Å². The van der Waals surface area contributed by atoms with Crippen molar-refractivity contribution in [1.29, 1.82) is 0 Å². The van der Waals surface area contributed by atoms with Gasteiger partial charge in [0.05, 0.1) is 35.7 Å². The van der Waals surface area contributed by atoms with E-state index in [1.165, 1.54) is 0 Å². The van der Waals surface area contributed by atoms with Crippen molar-refractivity contribution < 1.29 is 9.84 Å². The Kier molecular flexibility index (Phi) is 5.32. The van der Waals surface area contributed by atoms with Crippen LogP contribution in [-0.2, 0) is 6.42 Å². The number of nitrogens with two attached hydrogens (primary N) is 1. The number of benzene rings is 2. The second-order valence-electron chi connectivity index (χ2n) is 6.55. The molecule has 142 valence electrons. The zero-order valence-electron chi connectivity index (χ0n) is 15.4. The molecule has 0 aliphatic carbocycles. The molecule has 0 radical (unpaired) electrons. The number of para-hydroxylation sites is 1. The molecular formula is C22H22N4O2. The van der Waals surface area contributed by atoms with Gasteiger partial charge >= 0.3 is 0 Å². The highest BCUT2D eigenvalue weighted by molar-refractivity contribution is 5.80. The predicted octanol–water partition coefficient (Wildman–Crippen LogP) is 3.03. The summed E-state index contributed by atoms with van der Waals surface area (Å²) in [7, 11) is 0. The van der Waals surface area contributed by atoms with Gasteiger partial charge in [0.15, 0.2) is 0 Å². The minimum atomic E-state index is -0.299. The van der Waals surface area contributed by atoms with Gasteiger partial charge < -0.3 is 15.6 Å². The first-order valence-electron chi connectivity index (χ1n) is 9.22. The van der Waals surface area contributed by atoms with E-state index in [4.69, 9.17) is 15.6 Å². The van der Waals surface area contributed by atoms with Crippen LogP contribution in [0.15, 0.2) is 73.1 Å². The smallest absolute Gasteiger partial charge is 0.119 e. The number of nitrogens with zero attached hydrogens (tertiary/aromatic N) is 3. The van der Waals surface area contributed by atoms with Gasteiger partial charge in [-0.05, 0) is 42.3 Å². The quantitative estimate of drug-likeness (QED) is 0.519. The van der Waals surface area contributed by atoms with E-state index in [-0.39, 0.29) is 19.3 Å². The summed E-state index contributed by atoms with van der Waals surface area (Å²) >= 11 is 0. The van der Waals surface area contributed by atoms with Crippen molar-refractivity contribution in [3.8, 4) is 11.4 Å². The summed E-state index contributed by atoms with van der Waals surface area (Å²) in [5.74, 6) is 0.720. The van der Waals surface area contributed by atoms with Crippen LogP contribution in [0.1, 0.15) is 17.3 Å². The summed E-state index contributed by atoms with van der Waals surface area (Å²) in [6.07, 6.45) is 4.21. The van der Waals surface area contributed by atoms with Crippen LogP contribution in [0.4, 0.5) is 0 Å². The van der Waals surface area contributed by atoms with Crippen LogP contribution in [0.25, 0.3) is 16.6 Å². The maximum absolute atomic E-state index is 8.93. The lowest BCUT2D eigenvalue weighted by Crippen LogP contribution is -2.18. The highest BCUT2D eigenvalue weighted by Crippen LogP contribution is 2.25. The van der Waals surface area contributed by atoms with Gasteiger partial charge in [-0.2, -0.15) is 5.10 Å². The summed E-state index contributed by atoms with van der Waals surface area (Å²) in [5, 5.41) is 14.5. The molecular weight excluding hydrogens is 352 g/mol. The van der Waals surface area contributed by atoms with E-state index in [1.807, 2.05) is 71.5 Å². The minimum Gasteiger partial charge on any atom is -0.491 e. The number of aromatic nitrogens is 3. The zero-order chi connectivity index (χ0) is 19.3. The number of pyridine rings is 1. The lowest BCUT2D eigenvalue weighted by Gasteiger charge is -2.16. The van der Waals surface area contributed by atoms with Crippen molar-refractivity contribution in [1.82, 2.24) is 14.8 Å². The van der Waals surface area contributed by atoms with Crippen LogP contribution in [0.5, 0.6) is 5.75 Å². The van der Waals surface area contributed by atoms with E-state index in [1.54, 1.807) is 6.20 Å². The molecule has 0 unspecified atom stereocenters. The van der Waals surface area contributed by atoms with Crippen LogP contribution in [0.2, 0.25) is 0 Å². The number of ether oxygens (including phenoxy) is 1. The molecule has 0 spiro atoms. The van der Waals surface area contributed by atoms with Crippen LogP contribution in [0.3, 0.4) is 0 Å². The lowest BCUT2D eigenvalue weighted by atomic mass is 10.0. The van der Waals surface area contributed by atoms with Gasteiger partial charge in [0.25, 0.3) is 0 Å². The monoisotopic (exact) mass is 374 g/mol. The van der Waals surface area contributed by atoms with Gasteiger partial charge in [0.1, 0.15) is 12.4 Å². The molecule has 6 nitrogen and oxygen atoms in total. The Bertz CT molecular complexity index is 1080. The Morgan fingerprint density at radius 2 is 1.96 bits per heavy atom. The third kappa shape index (κ3) is 3.74. The van der Waals surface area contributed by atoms with E-state index < -0.39 is 0 Å². The number of aliphatic hydroxyl groups is 1. The van der Waals surface area contributed by atoms with Crippen molar-refractivity contribution in [2.24, 2.45) is 5.73 Å². The van der Waals surface area contributed by atoms with E-state index in [2.05, 4.69) is 10.1 Å². The summed E-state index contributed by atoms with van der Waals surface area (Å²) < 4.78 is 7.38. The van der Waals surface area contributed by atoms with Crippen molar-refractivity contribution in [3.63, 3.8) is 0 Å². The Morgan fingerprint density at radius 1 is 1.07 bits per heavy atom. The fraction of sp³-hybridized carbons (Fsp3) is 0.182. The lowest BCUT2D eigenvalue weighted by molar-refractivity contribution is 0.201. The average Bonchev–Trinajstić information content (AvgIpc) is 3.16. The molecule has 0 aliphatic rings. The first kappa shape index (κ1) is 18.2. The molecule has 0 saturated carbocycles. The highest BCUT2D eigenvalue weighted by atomic mass is 16.5. The van der Waals surface area contributed by atoms with Gasteiger partial charge in [-0.1, -0.05) is 30.3 Å². The Labute approximate surface area is 163 Å². The van der Waals surface area contributed by atoms with E-state index in [0.717, 1.165) is 33.6 Å². The molecule has 6 heteroatoms. The second kappa shape index (κ2) is 8.21. The number of fused-ring (bicyclic) bond motifs is 1. The Morgan fingerprint density at radius 3 is 2.86 bits per heavy atom. The third-order valence-corrected chi connectivity index (χ3v) is 4.59. The first-order chi connectivity index (χ1) is 13.8. The van der Waals surface area contributed by atoms with Gasteiger partial charge in [-0.3, -0.25) is 4.98 Å². The Balaban J connectivity index is 1.63. The molecule has 0 saturated heterocycles. The minimum absolute atomic E-state index is 0.0150. The molecule has 0 bridgehead atoms. The van der Waals surface area contributed by atoms with Crippen LogP contribution >= 0.6 is 0 Å². The normalized spacial score (nSPS) is 12.2. The third-order valence-electron chi connectivity index (χ3n) is 4.59. The largest absolute Gasteiger partial charge is 0.491 e. The number of rotatable bonds is 7. The van der Waals surface area contributed by atoms with Gasteiger partial charge in [-0.15, -0.1) is 0 Å². The first-order valence-corrected chi connectivity index (χ1v) is 9.22. The van der Waals surface area contributed by atoms with Gasteiger partial charge in [0, 0.05) is 11.6 Å². The molecule has 0 fully saturated rings. The molecule has 0 amide bonds. The molecule has 4 rings (SSSR count). The van der Waals surface area contributed by atoms with E-state index in [9.17, 15) is 0 Å². The number of hydrogen-bond acceptors (Lipinski definition) is 5. The fourth-order valence-corrected chi connectivity index (χ4v) is 3.31. The molecule has 1 atom stereocenters. The summed E-state index contributed by atoms with van der Waals surface area (Å²) in [6, 6.07) is 19.4. The van der Waals surface area contributed by atoms with E-state index in [0.29, 0.717) is 6.42 Å². The van der Waals surface area contributed by atoms with Crippen molar-refractivity contribution in [3.05, 3.63) is 84.3 Å². The molecule has 0 aliphatic heterocycles. The SMILES string of the molecule is N[C@@H](Cc1cccc(OCCO)c1)c1ncccc1-n1ncc2ccccc21. The molecule has 28 heavy (non-hydrogen) atoms. The average molecular weight is 374 g/mol. The van der Waals surface area contributed by atoms with Crippen molar-refractivity contribution >= 4 is 10.9 Å². The number of hydrogen-bond donors (Lipinski definition) is 2. The molecule has 2 heterocycles.